The Labute approximate surface area is 136 Å². The SMILES string of the molecule is Cc1ccn2cc(CCNC(=O)c3ccc(C)c(C)c3)nc2c1. The fourth-order valence-corrected chi connectivity index (χ4v) is 2.55. The minimum absolute atomic E-state index is 0.0345. The zero-order valence-electron chi connectivity index (χ0n) is 13.8. The molecule has 4 nitrogen and oxygen atoms in total. The largest absolute Gasteiger partial charge is 0.352 e. The lowest BCUT2D eigenvalue weighted by molar-refractivity contribution is 0.0954. The second-order valence-corrected chi connectivity index (χ2v) is 6.01. The Hall–Kier alpha value is -2.62. The first-order valence-electron chi connectivity index (χ1n) is 7.82. The number of hydrogen-bond donors (Lipinski definition) is 1. The molecule has 3 aromatic rings. The molecule has 0 spiro atoms. The van der Waals surface area contributed by atoms with Crippen molar-refractivity contribution >= 4 is 11.6 Å². The van der Waals surface area contributed by atoms with Gasteiger partial charge in [0.05, 0.1) is 5.69 Å². The fraction of sp³-hybridized carbons (Fsp3) is 0.263. The van der Waals surface area contributed by atoms with Gasteiger partial charge in [-0.1, -0.05) is 6.07 Å². The maximum Gasteiger partial charge on any atom is 0.251 e. The van der Waals surface area contributed by atoms with Gasteiger partial charge in [-0.2, -0.15) is 0 Å². The summed E-state index contributed by atoms with van der Waals surface area (Å²) in [7, 11) is 0. The van der Waals surface area contributed by atoms with Crippen LogP contribution in [0, 0.1) is 20.8 Å². The highest BCUT2D eigenvalue weighted by Crippen LogP contribution is 2.10. The number of nitrogens with zero attached hydrogens (tertiary/aromatic N) is 2. The molecule has 1 N–H and O–H groups in total. The highest BCUT2D eigenvalue weighted by molar-refractivity contribution is 5.94. The van der Waals surface area contributed by atoms with Crippen LogP contribution >= 0.6 is 0 Å². The molecule has 1 aromatic carbocycles. The number of rotatable bonds is 4. The predicted octanol–water partition coefficient (Wildman–Crippen LogP) is 3.23. The molecular weight excluding hydrogens is 286 g/mol. The van der Waals surface area contributed by atoms with E-state index in [4.69, 9.17) is 0 Å². The zero-order valence-corrected chi connectivity index (χ0v) is 13.8. The molecule has 4 heteroatoms. The van der Waals surface area contributed by atoms with Gasteiger partial charge in [-0.3, -0.25) is 4.79 Å². The summed E-state index contributed by atoms with van der Waals surface area (Å²) in [6, 6.07) is 9.88. The summed E-state index contributed by atoms with van der Waals surface area (Å²) in [5.41, 5.74) is 6.16. The van der Waals surface area contributed by atoms with Crippen LogP contribution in [0.15, 0.2) is 42.7 Å². The summed E-state index contributed by atoms with van der Waals surface area (Å²) in [6.07, 6.45) is 4.74. The monoisotopic (exact) mass is 307 g/mol. The first-order valence-corrected chi connectivity index (χ1v) is 7.82. The number of aryl methyl sites for hydroxylation is 3. The van der Waals surface area contributed by atoms with E-state index in [9.17, 15) is 4.79 Å². The maximum atomic E-state index is 12.2. The van der Waals surface area contributed by atoms with Crippen molar-refractivity contribution in [3.8, 4) is 0 Å². The average molecular weight is 307 g/mol. The lowest BCUT2D eigenvalue weighted by Crippen LogP contribution is -2.25. The standard InChI is InChI=1S/C19H21N3O/c1-13-7-9-22-12-17(21-18(22)10-13)6-8-20-19(23)16-5-4-14(2)15(3)11-16/h4-5,7,9-12H,6,8H2,1-3H3,(H,20,23). The van der Waals surface area contributed by atoms with E-state index < -0.39 is 0 Å². The lowest BCUT2D eigenvalue weighted by atomic mass is 10.1. The Kier molecular flexibility index (Phi) is 4.15. The van der Waals surface area contributed by atoms with Gasteiger partial charge in [0.15, 0.2) is 0 Å². The molecule has 2 aromatic heterocycles. The van der Waals surface area contributed by atoms with Crippen LogP contribution in [0.5, 0.6) is 0 Å². The molecule has 0 aliphatic rings. The van der Waals surface area contributed by atoms with Crippen molar-refractivity contribution < 1.29 is 4.79 Å². The molecule has 0 bridgehead atoms. The second-order valence-electron chi connectivity index (χ2n) is 6.01. The van der Waals surface area contributed by atoms with Crippen molar-refractivity contribution in [2.75, 3.05) is 6.54 Å². The van der Waals surface area contributed by atoms with Crippen LogP contribution in [-0.2, 0) is 6.42 Å². The third-order valence-electron chi connectivity index (χ3n) is 4.10. The molecule has 0 fully saturated rings. The van der Waals surface area contributed by atoms with Gasteiger partial charge in [0.25, 0.3) is 5.91 Å². The number of carbonyl (C=O) groups excluding carboxylic acids is 1. The van der Waals surface area contributed by atoms with Crippen molar-refractivity contribution in [3.63, 3.8) is 0 Å². The molecule has 0 radical (unpaired) electrons. The van der Waals surface area contributed by atoms with E-state index in [1.807, 2.05) is 48.8 Å². The fourth-order valence-electron chi connectivity index (χ4n) is 2.55. The number of hydrogen-bond acceptors (Lipinski definition) is 2. The van der Waals surface area contributed by atoms with Crippen LogP contribution in [0.25, 0.3) is 5.65 Å². The molecule has 1 amide bonds. The van der Waals surface area contributed by atoms with Crippen LogP contribution in [0.3, 0.4) is 0 Å². The van der Waals surface area contributed by atoms with E-state index >= 15 is 0 Å². The van der Waals surface area contributed by atoms with Crippen LogP contribution < -0.4 is 5.32 Å². The molecular formula is C19H21N3O. The highest BCUT2D eigenvalue weighted by atomic mass is 16.1. The smallest absolute Gasteiger partial charge is 0.251 e. The topological polar surface area (TPSA) is 46.4 Å². The lowest BCUT2D eigenvalue weighted by Gasteiger charge is -2.06. The van der Waals surface area contributed by atoms with Crippen molar-refractivity contribution in [1.82, 2.24) is 14.7 Å². The summed E-state index contributed by atoms with van der Waals surface area (Å²) >= 11 is 0. The Morgan fingerprint density at radius 2 is 1.96 bits per heavy atom. The normalized spacial score (nSPS) is 10.9. The van der Waals surface area contributed by atoms with Crippen molar-refractivity contribution in [1.29, 1.82) is 0 Å². The third-order valence-corrected chi connectivity index (χ3v) is 4.10. The van der Waals surface area contributed by atoms with Crippen LogP contribution in [0.4, 0.5) is 0 Å². The minimum Gasteiger partial charge on any atom is -0.352 e. The van der Waals surface area contributed by atoms with Gasteiger partial charge < -0.3 is 9.72 Å². The number of imidazole rings is 1. The summed E-state index contributed by atoms with van der Waals surface area (Å²) in [5.74, 6) is -0.0345. The number of nitrogens with one attached hydrogen (secondary N) is 1. The Morgan fingerprint density at radius 1 is 1.13 bits per heavy atom. The molecule has 0 unspecified atom stereocenters. The van der Waals surface area contributed by atoms with E-state index in [1.165, 1.54) is 11.1 Å². The van der Waals surface area contributed by atoms with E-state index in [0.717, 1.165) is 23.3 Å². The molecule has 0 aliphatic heterocycles. The molecule has 23 heavy (non-hydrogen) atoms. The minimum atomic E-state index is -0.0345. The van der Waals surface area contributed by atoms with E-state index in [0.29, 0.717) is 12.1 Å². The molecule has 0 atom stereocenters. The molecule has 3 rings (SSSR count). The van der Waals surface area contributed by atoms with Gasteiger partial charge in [0.2, 0.25) is 0 Å². The van der Waals surface area contributed by atoms with Crippen LogP contribution in [0.1, 0.15) is 32.7 Å². The zero-order chi connectivity index (χ0) is 16.4. The molecule has 118 valence electrons. The molecule has 2 heterocycles. The number of carbonyl (C=O) groups is 1. The van der Waals surface area contributed by atoms with Gasteiger partial charge in [-0.25, -0.2) is 4.98 Å². The van der Waals surface area contributed by atoms with Crippen LogP contribution in [0.2, 0.25) is 0 Å². The third kappa shape index (κ3) is 3.42. The maximum absolute atomic E-state index is 12.2. The van der Waals surface area contributed by atoms with Gasteiger partial charge in [-0.05, 0) is 61.7 Å². The number of amides is 1. The number of aromatic nitrogens is 2. The molecule has 0 saturated heterocycles. The van der Waals surface area contributed by atoms with Gasteiger partial charge >= 0.3 is 0 Å². The molecule has 0 saturated carbocycles. The first kappa shape index (κ1) is 15.3. The quantitative estimate of drug-likeness (QED) is 0.804. The van der Waals surface area contributed by atoms with E-state index in [1.54, 1.807) is 0 Å². The molecule has 0 aliphatic carbocycles. The number of pyridine rings is 1. The van der Waals surface area contributed by atoms with Crippen molar-refractivity contribution in [2.45, 2.75) is 27.2 Å². The predicted molar refractivity (Wildman–Crippen MR) is 91.9 cm³/mol. The van der Waals surface area contributed by atoms with Crippen molar-refractivity contribution in [3.05, 3.63) is 70.7 Å². The Morgan fingerprint density at radius 3 is 2.74 bits per heavy atom. The summed E-state index contributed by atoms with van der Waals surface area (Å²) in [4.78, 5) is 16.8. The van der Waals surface area contributed by atoms with Crippen molar-refractivity contribution in [2.24, 2.45) is 0 Å². The van der Waals surface area contributed by atoms with E-state index in [2.05, 4.69) is 29.4 Å². The summed E-state index contributed by atoms with van der Waals surface area (Å²) < 4.78 is 2.01. The van der Waals surface area contributed by atoms with Crippen LogP contribution in [-0.4, -0.2) is 21.8 Å². The first-order chi connectivity index (χ1) is 11.0. The summed E-state index contributed by atoms with van der Waals surface area (Å²) in [6.45, 7) is 6.69. The number of fused-ring (bicyclic) bond motifs is 1. The van der Waals surface area contributed by atoms with E-state index in [-0.39, 0.29) is 5.91 Å². The summed E-state index contributed by atoms with van der Waals surface area (Å²) in [5, 5.41) is 2.96. The average Bonchev–Trinajstić information content (AvgIpc) is 2.91. The Balaban J connectivity index is 1.61. The van der Waals surface area contributed by atoms with Gasteiger partial charge in [0, 0.05) is 30.9 Å². The van der Waals surface area contributed by atoms with Gasteiger partial charge in [0.1, 0.15) is 5.65 Å². The highest BCUT2D eigenvalue weighted by Gasteiger charge is 2.07. The number of benzene rings is 1. The van der Waals surface area contributed by atoms with Gasteiger partial charge in [-0.15, -0.1) is 0 Å². The Bertz CT molecular complexity index is 864. The second kappa shape index (κ2) is 6.24.